The molecule has 0 aliphatic heterocycles. The summed E-state index contributed by atoms with van der Waals surface area (Å²) in [5, 5.41) is 19.1. The number of nitrogens with zero attached hydrogens (tertiary/aromatic N) is 1. The van der Waals surface area contributed by atoms with Crippen LogP contribution < -0.4 is 5.32 Å². The standard InChI is InChI=1S/C19H27N3O6/c1-5-14(16(24)25)22(4)18(20)21-19(26)28-17(12(2)3)27-15(23)11-13-9-7-6-8-10-13/h6-10,12,14,17H,5,11H2,1-4H3,(H,24,25)(H2,20,21,26). The quantitative estimate of drug-likeness (QED) is 0.267. The number of rotatable bonds is 8. The molecule has 0 radical (unpaired) electrons. The monoisotopic (exact) mass is 393 g/mol. The molecule has 2 atom stereocenters. The third-order valence-electron chi connectivity index (χ3n) is 3.92. The number of hydrogen-bond acceptors (Lipinski definition) is 6. The van der Waals surface area contributed by atoms with Crippen molar-refractivity contribution >= 4 is 24.0 Å². The predicted octanol–water partition coefficient (Wildman–Crippen LogP) is 2.21. The van der Waals surface area contributed by atoms with Crippen molar-refractivity contribution < 1.29 is 29.0 Å². The minimum Gasteiger partial charge on any atom is -0.480 e. The van der Waals surface area contributed by atoms with Crippen LogP contribution in [0.5, 0.6) is 0 Å². The first-order chi connectivity index (χ1) is 13.1. The summed E-state index contributed by atoms with van der Waals surface area (Å²) in [6, 6.07) is 8.03. The maximum atomic E-state index is 12.1. The Bertz CT molecular complexity index is 692. The van der Waals surface area contributed by atoms with Crippen LogP contribution >= 0.6 is 0 Å². The SMILES string of the molecule is CCC(C(=O)O)N(C)C(=N)NC(=O)OC(OC(=O)Cc1ccccc1)C(C)C. The molecule has 0 aromatic heterocycles. The average molecular weight is 393 g/mol. The molecule has 0 saturated carbocycles. The van der Waals surface area contributed by atoms with Crippen molar-refractivity contribution in [3.05, 3.63) is 35.9 Å². The molecular weight excluding hydrogens is 366 g/mol. The number of esters is 1. The highest BCUT2D eigenvalue weighted by molar-refractivity contribution is 5.94. The molecule has 0 aliphatic rings. The molecule has 1 aromatic rings. The minimum atomic E-state index is -1.14. The Morgan fingerprint density at radius 1 is 1.18 bits per heavy atom. The summed E-state index contributed by atoms with van der Waals surface area (Å²) < 4.78 is 10.3. The van der Waals surface area contributed by atoms with Crippen LogP contribution in [0.3, 0.4) is 0 Å². The second-order valence-electron chi connectivity index (χ2n) is 6.52. The molecule has 154 valence electrons. The molecule has 9 nitrogen and oxygen atoms in total. The number of guanidine groups is 1. The smallest absolute Gasteiger partial charge is 0.417 e. The van der Waals surface area contributed by atoms with Crippen LogP contribution in [0.4, 0.5) is 4.79 Å². The van der Waals surface area contributed by atoms with Gasteiger partial charge in [-0.25, -0.2) is 9.59 Å². The number of aliphatic carboxylic acids is 1. The van der Waals surface area contributed by atoms with Gasteiger partial charge in [0.15, 0.2) is 0 Å². The van der Waals surface area contributed by atoms with Crippen LogP contribution in [0.1, 0.15) is 32.8 Å². The summed E-state index contributed by atoms with van der Waals surface area (Å²) in [5.74, 6) is -2.42. The van der Waals surface area contributed by atoms with E-state index in [4.69, 9.17) is 20.0 Å². The van der Waals surface area contributed by atoms with Crippen LogP contribution in [-0.4, -0.2) is 53.4 Å². The number of benzene rings is 1. The molecule has 0 bridgehead atoms. The molecule has 0 heterocycles. The van der Waals surface area contributed by atoms with E-state index in [9.17, 15) is 14.4 Å². The van der Waals surface area contributed by atoms with Crippen LogP contribution in [-0.2, 0) is 25.5 Å². The van der Waals surface area contributed by atoms with Gasteiger partial charge >= 0.3 is 18.0 Å². The third kappa shape index (κ3) is 7.26. The lowest BCUT2D eigenvalue weighted by atomic mass is 10.1. The van der Waals surface area contributed by atoms with Gasteiger partial charge < -0.3 is 19.5 Å². The number of alkyl carbamates (subject to hydrolysis) is 1. The van der Waals surface area contributed by atoms with E-state index in [0.29, 0.717) is 0 Å². The van der Waals surface area contributed by atoms with Crippen LogP contribution in [0.2, 0.25) is 0 Å². The van der Waals surface area contributed by atoms with Crippen LogP contribution in [0.15, 0.2) is 30.3 Å². The molecule has 1 amide bonds. The number of hydrogen-bond donors (Lipinski definition) is 3. The van der Waals surface area contributed by atoms with Crippen molar-refractivity contribution in [3.63, 3.8) is 0 Å². The molecule has 1 rings (SSSR count). The van der Waals surface area contributed by atoms with Crippen molar-refractivity contribution in [1.29, 1.82) is 5.41 Å². The van der Waals surface area contributed by atoms with Gasteiger partial charge in [0.25, 0.3) is 6.29 Å². The molecule has 0 spiro atoms. The van der Waals surface area contributed by atoms with Gasteiger partial charge in [-0.15, -0.1) is 0 Å². The van der Waals surface area contributed by atoms with Gasteiger partial charge in [0.1, 0.15) is 6.04 Å². The Hall–Kier alpha value is -3.10. The molecule has 9 heteroatoms. The fourth-order valence-corrected chi connectivity index (χ4v) is 2.32. The van der Waals surface area contributed by atoms with Crippen molar-refractivity contribution in [3.8, 4) is 0 Å². The summed E-state index contributed by atoms with van der Waals surface area (Å²) in [6.45, 7) is 5.08. The zero-order valence-corrected chi connectivity index (χ0v) is 16.5. The first kappa shape index (κ1) is 22.9. The van der Waals surface area contributed by atoms with Gasteiger partial charge in [0, 0.05) is 13.0 Å². The summed E-state index contributed by atoms with van der Waals surface area (Å²) in [5.41, 5.74) is 0.766. The third-order valence-corrected chi connectivity index (χ3v) is 3.92. The fraction of sp³-hybridized carbons (Fsp3) is 0.474. The summed E-state index contributed by atoms with van der Waals surface area (Å²) >= 11 is 0. The van der Waals surface area contributed by atoms with Crippen LogP contribution in [0, 0.1) is 11.3 Å². The second-order valence-corrected chi connectivity index (χ2v) is 6.52. The molecule has 0 aliphatic carbocycles. The van der Waals surface area contributed by atoms with E-state index in [-0.39, 0.29) is 18.8 Å². The number of nitrogens with one attached hydrogen (secondary N) is 2. The minimum absolute atomic E-state index is 0.0321. The van der Waals surface area contributed by atoms with Gasteiger partial charge in [0.2, 0.25) is 5.96 Å². The number of carbonyl (C=O) groups excluding carboxylic acids is 2. The normalized spacial score (nSPS) is 12.6. The van der Waals surface area contributed by atoms with Gasteiger partial charge in [-0.2, -0.15) is 0 Å². The van der Waals surface area contributed by atoms with E-state index >= 15 is 0 Å². The Morgan fingerprint density at radius 3 is 2.29 bits per heavy atom. The van der Waals surface area contributed by atoms with Gasteiger partial charge in [0.05, 0.1) is 6.42 Å². The lowest BCUT2D eigenvalue weighted by Crippen LogP contribution is -2.50. The molecule has 0 saturated heterocycles. The largest absolute Gasteiger partial charge is 0.480 e. The van der Waals surface area contributed by atoms with E-state index in [1.165, 1.54) is 7.05 Å². The fourth-order valence-electron chi connectivity index (χ4n) is 2.32. The highest BCUT2D eigenvalue weighted by Gasteiger charge is 2.26. The number of amides is 1. The molecule has 2 unspecified atom stereocenters. The molecular formula is C19H27N3O6. The van der Waals surface area contributed by atoms with E-state index in [1.54, 1.807) is 45.0 Å². The van der Waals surface area contributed by atoms with Crippen molar-refractivity contribution in [1.82, 2.24) is 10.2 Å². The highest BCUT2D eigenvalue weighted by Crippen LogP contribution is 2.11. The van der Waals surface area contributed by atoms with E-state index in [2.05, 4.69) is 5.32 Å². The zero-order valence-electron chi connectivity index (χ0n) is 16.5. The maximum Gasteiger partial charge on any atom is 0.417 e. The molecule has 28 heavy (non-hydrogen) atoms. The van der Waals surface area contributed by atoms with Crippen molar-refractivity contribution in [2.45, 2.75) is 45.9 Å². The number of carboxylic acids is 1. The Labute approximate surface area is 164 Å². The average Bonchev–Trinajstić information content (AvgIpc) is 2.61. The lowest BCUT2D eigenvalue weighted by Gasteiger charge is -2.27. The van der Waals surface area contributed by atoms with E-state index in [1.807, 2.05) is 6.07 Å². The van der Waals surface area contributed by atoms with E-state index < -0.39 is 36.3 Å². The first-order valence-corrected chi connectivity index (χ1v) is 8.90. The Kier molecular flexibility index (Phi) is 8.94. The summed E-state index contributed by atoms with van der Waals surface area (Å²) in [4.78, 5) is 36.4. The van der Waals surface area contributed by atoms with Crippen molar-refractivity contribution in [2.75, 3.05) is 7.05 Å². The lowest BCUT2D eigenvalue weighted by molar-refractivity contribution is -0.173. The number of ether oxygens (including phenoxy) is 2. The maximum absolute atomic E-state index is 12.1. The number of likely N-dealkylation sites (N-methyl/N-ethyl adjacent to an activating group) is 1. The van der Waals surface area contributed by atoms with E-state index in [0.717, 1.165) is 10.5 Å². The van der Waals surface area contributed by atoms with Crippen LogP contribution in [0.25, 0.3) is 0 Å². The first-order valence-electron chi connectivity index (χ1n) is 8.90. The Balaban J connectivity index is 2.63. The molecule has 1 aromatic carbocycles. The summed E-state index contributed by atoms with van der Waals surface area (Å²) in [7, 11) is 1.38. The van der Waals surface area contributed by atoms with Gasteiger partial charge in [-0.3, -0.25) is 15.5 Å². The Morgan fingerprint density at radius 2 is 1.79 bits per heavy atom. The topological polar surface area (TPSA) is 129 Å². The highest BCUT2D eigenvalue weighted by atomic mass is 16.7. The van der Waals surface area contributed by atoms with Gasteiger partial charge in [-0.05, 0) is 12.0 Å². The van der Waals surface area contributed by atoms with Crippen molar-refractivity contribution in [2.24, 2.45) is 5.92 Å². The number of carboxylic acid groups (broad SMARTS) is 1. The van der Waals surface area contributed by atoms with Gasteiger partial charge in [-0.1, -0.05) is 51.1 Å². The molecule has 0 fully saturated rings. The number of carbonyl (C=O) groups is 3. The zero-order chi connectivity index (χ0) is 21.3. The predicted molar refractivity (Wildman–Crippen MR) is 102 cm³/mol. The molecule has 3 N–H and O–H groups in total. The summed E-state index contributed by atoms with van der Waals surface area (Å²) in [6.07, 6.45) is -1.87. The second kappa shape index (κ2) is 10.9.